The van der Waals surface area contributed by atoms with Crippen molar-refractivity contribution in [3.63, 3.8) is 0 Å². The predicted molar refractivity (Wildman–Crippen MR) is 59.2 cm³/mol. The molecule has 16 heavy (non-hydrogen) atoms. The van der Waals surface area contributed by atoms with E-state index in [4.69, 9.17) is 0 Å². The first-order valence-corrected chi connectivity index (χ1v) is 5.22. The highest BCUT2D eigenvalue weighted by Gasteiger charge is 2.14. The van der Waals surface area contributed by atoms with Gasteiger partial charge in [-0.2, -0.15) is 0 Å². The molecular formula is C9H5N3O3S. The normalized spacial score (nSPS) is 11.2. The number of aromatic amines is 1. The SMILES string of the molecule is O=c1[nH]c(=O)n(O)c2c1sc1cccnc12. The first-order valence-electron chi connectivity index (χ1n) is 4.40. The van der Waals surface area contributed by atoms with Gasteiger partial charge in [-0.1, -0.05) is 0 Å². The van der Waals surface area contributed by atoms with Crippen molar-refractivity contribution in [1.82, 2.24) is 14.7 Å². The zero-order valence-electron chi connectivity index (χ0n) is 7.80. The summed E-state index contributed by atoms with van der Waals surface area (Å²) in [5.74, 6) is 0. The van der Waals surface area contributed by atoms with Crippen molar-refractivity contribution in [3.05, 3.63) is 39.2 Å². The van der Waals surface area contributed by atoms with Crippen molar-refractivity contribution in [2.24, 2.45) is 0 Å². The number of aromatic nitrogens is 3. The van der Waals surface area contributed by atoms with Gasteiger partial charge in [0.05, 0.1) is 4.70 Å². The number of hydrogen-bond donors (Lipinski definition) is 2. The van der Waals surface area contributed by atoms with Gasteiger partial charge >= 0.3 is 5.69 Å². The molecule has 0 amide bonds. The summed E-state index contributed by atoms with van der Waals surface area (Å²) in [5, 5.41) is 9.57. The molecule has 80 valence electrons. The van der Waals surface area contributed by atoms with Crippen LogP contribution in [0.4, 0.5) is 0 Å². The summed E-state index contributed by atoms with van der Waals surface area (Å²) < 4.78 is 1.45. The van der Waals surface area contributed by atoms with Gasteiger partial charge in [0.15, 0.2) is 0 Å². The standard InChI is InChI=1S/C9H5N3O3S/c13-8-7-6(12(15)9(14)11-8)5-4(16-7)2-1-3-10-5/h1-3,15H,(H,11,13,14). The van der Waals surface area contributed by atoms with Gasteiger partial charge < -0.3 is 5.21 Å². The van der Waals surface area contributed by atoms with E-state index in [2.05, 4.69) is 4.98 Å². The molecule has 3 aromatic heterocycles. The first-order chi connectivity index (χ1) is 7.68. The number of pyridine rings is 1. The summed E-state index contributed by atoms with van der Waals surface area (Å²) in [6, 6.07) is 3.50. The number of rotatable bonds is 0. The molecule has 0 radical (unpaired) electrons. The molecule has 0 spiro atoms. The Morgan fingerprint density at radius 2 is 2.25 bits per heavy atom. The molecular weight excluding hydrogens is 230 g/mol. The Balaban J connectivity index is 2.77. The van der Waals surface area contributed by atoms with E-state index in [-0.39, 0.29) is 10.2 Å². The maximum absolute atomic E-state index is 11.5. The van der Waals surface area contributed by atoms with Crippen molar-refractivity contribution >= 4 is 31.8 Å². The summed E-state index contributed by atoms with van der Waals surface area (Å²) in [7, 11) is 0. The molecule has 0 aliphatic heterocycles. The number of fused-ring (bicyclic) bond motifs is 3. The van der Waals surface area contributed by atoms with Crippen LogP contribution in [0.3, 0.4) is 0 Å². The number of nitrogens with zero attached hydrogens (tertiary/aromatic N) is 2. The van der Waals surface area contributed by atoms with Gasteiger partial charge in [-0.3, -0.25) is 14.8 Å². The van der Waals surface area contributed by atoms with E-state index < -0.39 is 11.2 Å². The zero-order valence-corrected chi connectivity index (χ0v) is 8.61. The van der Waals surface area contributed by atoms with Crippen LogP contribution >= 0.6 is 11.3 Å². The fourth-order valence-electron chi connectivity index (χ4n) is 1.58. The van der Waals surface area contributed by atoms with Crippen LogP contribution in [0.15, 0.2) is 27.9 Å². The predicted octanol–water partition coefficient (Wildman–Crippen LogP) is 0.537. The van der Waals surface area contributed by atoms with Crippen LogP contribution in [0.5, 0.6) is 0 Å². The average molecular weight is 235 g/mol. The smallest absolute Gasteiger partial charge is 0.361 e. The van der Waals surface area contributed by atoms with Gasteiger partial charge in [0, 0.05) is 6.20 Å². The third-order valence-electron chi connectivity index (χ3n) is 2.25. The van der Waals surface area contributed by atoms with Crippen molar-refractivity contribution in [2.45, 2.75) is 0 Å². The van der Waals surface area contributed by atoms with Gasteiger partial charge in [-0.05, 0) is 12.1 Å². The molecule has 0 atom stereocenters. The third-order valence-corrected chi connectivity index (χ3v) is 3.39. The first kappa shape index (κ1) is 9.10. The van der Waals surface area contributed by atoms with Gasteiger partial charge in [0.2, 0.25) is 0 Å². The minimum Gasteiger partial charge on any atom is -0.423 e. The highest BCUT2D eigenvalue weighted by Crippen LogP contribution is 2.28. The molecule has 0 aromatic carbocycles. The largest absolute Gasteiger partial charge is 0.423 e. The quantitative estimate of drug-likeness (QED) is 0.556. The topological polar surface area (TPSA) is 88.0 Å². The van der Waals surface area contributed by atoms with Crippen molar-refractivity contribution in [2.75, 3.05) is 0 Å². The summed E-state index contributed by atoms with van der Waals surface area (Å²) in [6.45, 7) is 0. The van der Waals surface area contributed by atoms with Crippen LogP contribution in [0.2, 0.25) is 0 Å². The van der Waals surface area contributed by atoms with E-state index in [9.17, 15) is 14.8 Å². The van der Waals surface area contributed by atoms with E-state index in [1.54, 1.807) is 18.3 Å². The van der Waals surface area contributed by atoms with E-state index >= 15 is 0 Å². The second-order valence-corrected chi connectivity index (χ2v) is 4.25. The fraction of sp³-hybridized carbons (Fsp3) is 0. The van der Waals surface area contributed by atoms with E-state index in [0.29, 0.717) is 10.2 Å². The maximum Gasteiger partial charge on any atom is 0.361 e. The molecule has 3 aromatic rings. The molecule has 0 fully saturated rings. The lowest BCUT2D eigenvalue weighted by atomic mass is 10.3. The van der Waals surface area contributed by atoms with E-state index in [0.717, 1.165) is 4.70 Å². The lowest BCUT2D eigenvalue weighted by Gasteiger charge is -1.96. The second kappa shape index (κ2) is 2.92. The monoisotopic (exact) mass is 235 g/mol. The molecule has 0 unspecified atom stereocenters. The van der Waals surface area contributed by atoms with Crippen LogP contribution in [-0.4, -0.2) is 19.9 Å². The Kier molecular flexibility index (Phi) is 1.66. The van der Waals surface area contributed by atoms with Crippen molar-refractivity contribution < 1.29 is 5.21 Å². The Morgan fingerprint density at radius 3 is 3.06 bits per heavy atom. The Hall–Kier alpha value is -2.15. The number of hydrogen-bond acceptors (Lipinski definition) is 5. The molecule has 0 saturated heterocycles. The van der Waals surface area contributed by atoms with Crippen LogP contribution in [0.1, 0.15) is 0 Å². The molecule has 0 bridgehead atoms. The summed E-state index contributed by atoms with van der Waals surface area (Å²) in [4.78, 5) is 28.8. The van der Waals surface area contributed by atoms with Gasteiger partial charge in [0.1, 0.15) is 15.7 Å². The minimum atomic E-state index is -0.858. The molecule has 6 nitrogen and oxygen atoms in total. The molecule has 2 N–H and O–H groups in total. The van der Waals surface area contributed by atoms with Crippen LogP contribution < -0.4 is 11.2 Å². The fourth-order valence-corrected chi connectivity index (χ4v) is 2.61. The van der Waals surface area contributed by atoms with Crippen LogP contribution in [0.25, 0.3) is 20.4 Å². The minimum absolute atomic E-state index is 0.161. The van der Waals surface area contributed by atoms with E-state index in [1.807, 2.05) is 4.98 Å². The van der Waals surface area contributed by atoms with E-state index in [1.165, 1.54) is 11.3 Å². The zero-order chi connectivity index (χ0) is 11.3. The Labute approximate surface area is 91.4 Å². The number of thiophene rings is 1. The molecule has 3 rings (SSSR count). The van der Waals surface area contributed by atoms with Gasteiger partial charge in [0.25, 0.3) is 5.56 Å². The second-order valence-electron chi connectivity index (χ2n) is 3.20. The lowest BCUT2D eigenvalue weighted by Crippen LogP contribution is -2.28. The average Bonchev–Trinajstić information content (AvgIpc) is 2.66. The van der Waals surface area contributed by atoms with Gasteiger partial charge in [-0.25, -0.2) is 4.79 Å². The summed E-state index contributed by atoms with van der Waals surface area (Å²) in [6.07, 6.45) is 1.54. The molecule has 3 heterocycles. The number of nitrogens with one attached hydrogen (secondary N) is 1. The third kappa shape index (κ3) is 1.03. The molecule has 0 aliphatic carbocycles. The van der Waals surface area contributed by atoms with Crippen LogP contribution in [0, 0.1) is 0 Å². The van der Waals surface area contributed by atoms with Crippen LogP contribution in [-0.2, 0) is 0 Å². The number of H-pyrrole nitrogens is 1. The highest BCUT2D eigenvalue weighted by molar-refractivity contribution is 7.25. The Bertz CT molecular complexity index is 814. The summed E-state index contributed by atoms with van der Waals surface area (Å²) >= 11 is 1.19. The summed E-state index contributed by atoms with van der Waals surface area (Å²) in [5.41, 5.74) is -0.751. The van der Waals surface area contributed by atoms with Crippen molar-refractivity contribution in [1.29, 1.82) is 0 Å². The molecule has 0 saturated carbocycles. The van der Waals surface area contributed by atoms with Crippen molar-refractivity contribution in [3.8, 4) is 0 Å². The lowest BCUT2D eigenvalue weighted by molar-refractivity contribution is 0.184. The molecule has 0 aliphatic rings. The maximum atomic E-state index is 11.5. The van der Waals surface area contributed by atoms with Gasteiger partial charge in [-0.15, -0.1) is 16.1 Å². The Morgan fingerprint density at radius 1 is 1.44 bits per heavy atom. The highest BCUT2D eigenvalue weighted by atomic mass is 32.1. The molecule has 7 heteroatoms.